The maximum Gasteiger partial charge on any atom is 0.188 e. The largest absolute Gasteiger partial charge is 0.389 e. The molecule has 1 atom stereocenters. The highest BCUT2D eigenvalue weighted by Gasteiger charge is 2.36. The normalized spacial score (nSPS) is 34.8. The Hall–Kier alpha value is -0.380. The fraction of sp³-hybridized carbons (Fsp3) is 0.750. The summed E-state index contributed by atoms with van der Waals surface area (Å²) in [5, 5.41) is 9.15. The monoisotopic (exact) mass is 156 g/mol. The van der Waals surface area contributed by atoms with Gasteiger partial charge in [-0.05, 0) is 12.5 Å². The fourth-order valence-electron chi connectivity index (χ4n) is 1.50. The predicted molar refractivity (Wildman–Crippen MR) is 39.0 cm³/mol. The molecular weight excluding hydrogens is 144 g/mol. The maximum absolute atomic E-state index is 9.15. The summed E-state index contributed by atoms with van der Waals surface area (Å²) >= 11 is 0. The molecule has 2 aliphatic rings. The summed E-state index contributed by atoms with van der Waals surface area (Å²) in [6.07, 6.45) is 4.76. The summed E-state index contributed by atoms with van der Waals surface area (Å²) in [7, 11) is 0. The van der Waals surface area contributed by atoms with E-state index in [9.17, 15) is 0 Å². The smallest absolute Gasteiger partial charge is 0.188 e. The van der Waals surface area contributed by atoms with Gasteiger partial charge in [-0.2, -0.15) is 0 Å². The Bertz CT molecular complexity index is 170. The lowest BCUT2D eigenvalue weighted by atomic mass is 10.00. The van der Waals surface area contributed by atoms with Crippen molar-refractivity contribution in [3.05, 3.63) is 12.2 Å². The molecule has 3 heteroatoms. The lowest BCUT2D eigenvalue weighted by Gasteiger charge is -2.28. The van der Waals surface area contributed by atoms with Gasteiger partial charge < -0.3 is 14.6 Å². The van der Waals surface area contributed by atoms with Crippen LogP contribution < -0.4 is 0 Å². The number of rotatable bonds is 0. The molecule has 1 heterocycles. The third-order valence-corrected chi connectivity index (χ3v) is 2.14. The molecule has 0 unspecified atom stereocenters. The zero-order valence-corrected chi connectivity index (χ0v) is 6.32. The molecule has 3 nitrogen and oxygen atoms in total. The highest BCUT2D eigenvalue weighted by atomic mass is 16.7. The van der Waals surface area contributed by atoms with E-state index in [-0.39, 0.29) is 6.10 Å². The quantitative estimate of drug-likeness (QED) is 0.517. The van der Waals surface area contributed by atoms with Gasteiger partial charge in [-0.15, -0.1) is 0 Å². The van der Waals surface area contributed by atoms with Crippen molar-refractivity contribution in [2.45, 2.75) is 24.7 Å². The molecule has 1 aliphatic heterocycles. The van der Waals surface area contributed by atoms with Crippen molar-refractivity contribution in [2.75, 3.05) is 13.2 Å². The average Bonchev–Trinajstić information content (AvgIpc) is 2.45. The van der Waals surface area contributed by atoms with Gasteiger partial charge in [0.05, 0.1) is 19.3 Å². The Morgan fingerprint density at radius 2 is 2.09 bits per heavy atom. The zero-order chi connectivity index (χ0) is 7.73. The van der Waals surface area contributed by atoms with Crippen LogP contribution >= 0.6 is 0 Å². The van der Waals surface area contributed by atoms with Gasteiger partial charge in [0, 0.05) is 6.42 Å². The fourth-order valence-corrected chi connectivity index (χ4v) is 1.50. The second-order valence-electron chi connectivity index (χ2n) is 2.97. The van der Waals surface area contributed by atoms with Crippen molar-refractivity contribution < 1.29 is 14.6 Å². The second kappa shape index (κ2) is 2.59. The third kappa shape index (κ3) is 1.31. The van der Waals surface area contributed by atoms with Gasteiger partial charge in [0.1, 0.15) is 0 Å². The maximum atomic E-state index is 9.15. The van der Waals surface area contributed by atoms with Crippen LogP contribution in [-0.2, 0) is 9.47 Å². The minimum atomic E-state index is -0.487. The molecule has 0 amide bonds. The van der Waals surface area contributed by atoms with Crippen molar-refractivity contribution in [3.63, 3.8) is 0 Å². The van der Waals surface area contributed by atoms with E-state index in [0.29, 0.717) is 13.2 Å². The van der Waals surface area contributed by atoms with Gasteiger partial charge in [-0.1, -0.05) is 6.08 Å². The van der Waals surface area contributed by atoms with Crippen molar-refractivity contribution in [3.8, 4) is 0 Å². The van der Waals surface area contributed by atoms with Crippen LogP contribution in [0.25, 0.3) is 0 Å². The topological polar surface area (TPSA) is 38.7 Å². The van der Waals surface area contributed by atoms with Crippen LogP contribution in [0.2, 0.25) is 0 Å². The molecule has 0 bridgehead atoms. The molecule has 0 radical (unpaired) electrons. The first-order valence-corrected chi connectivity index (χ1v) is 3.96. The SMILES string of the molecule is O[C@@H]1C=CC2(CC1)OCCO2. The van der Waals surface area contributed by atoms with Crippen molar-refractivity contribution >= 4 is 0 Å². The first kappa shape index (κ1) is 7.28. The predicted octanol–water partition coefficient (Wildman–Crippen LogP) is 0.440. The highest BCUT2D eigenvalue weighted by Crippen LogP contribution is 2.30. The number of hydrogen-bond donors (Lipinski definition) is 1. The molecule has 0 saturated carbocycles. The van der Waals surface area contributed by atoms with E-state index in [2.05, 4.69) is 0 Å². The van der Waals surface area contributed by atoms with E-state index in [1.54, 1.807) is 6.08 Å². The van der Waals surface area contributed by atoms with Crippen LogP contribution in [0.15, 0.2) is 12.2 Å². The van der Waals surface area contributed by atoms with E-state index in [0.717, 1.165) is 12.8 Å². The van der Waals surface area contributed by atoms with Crippen LogP contribution in [0.4, 0.5) is 0 Å². The summed E-state index contributed by atoms with van der Waals surface area (Å²) in [5.74, 6) is -0.487. The van der Waals surface area contributed by atoms with Crippen LogP contribution in [0.5, 0.6) is 0 Å². The van der Waals surface area contributed by atoms with Crippen molar-refractivity contribution in [1.82, 2.24) is 0 Å². The van der Waals surface area contributed by atoms with Crippen LogP contribution in [0, 0.1) is 0 Å². The van der Waals surface area contributed by atoms with Gasteiger partial charge in [0.2, 0.25) is 0 Å². The molecule has 1 spiro atoms. The summed E-state index contributed by atoms with van der Waals surface area (Å²) < 4.78 is 10.8. The minimum Gasteiger partial charge on any atom is -0.389 e. The molecule has 1 fully saturated rings. The minimum absolute atomic E-state index is 0.312. The number of aliphatic hydroxyl groups excluding tert-OH is 1. The van der Waals surface area contributed by atoms with E-state index < -0.39 is 5.79 Å². The molecule has 1 saturated heterocycles. The van der Waals surface area contributed by atoms with E-state index >= 15 is 0 Å². The third-order valence-electron chi connectivity index (χ3n) is 2.14. The molecule has 1 aliphatic carbocycles. The van der Waals surface area contributed by atoms with E-state index in [4.69, 9.17) is 14.6 Å². The van der Waals surface area contributed by atoms with Gasteiger partial charge in [0.15, 0.2) is 5.79 Å². The van der Waals surface area contributed by atoms with Gasteiger partial charge in [-0.25, -0.2) is 0 Å². The number of hydrogen-bond acceptors (Lipinski definition) is 3. The summed E-state index contributed by atoms with van der Waals surface area (Å²) in [6.45, 7) is 1.33. The average molecular weight is 156 g/mol. The molecule has 11 heavy (non-hydrogen) atoms. The zero-order valence-electron chi connectivity index (χ0n) is 6.32. The molecule has 2 rings (SSSR count). The molecule has 0 aromatic carbocycles. The first-order chi connectivity index (χ1) is 5.31. The van der Waals surface area contributed by atoms with Crippen molar-refractivity contribution in [1.29, 1.82) is 0 Å². The lowest BCUT2D eigenvalue weighted by Crippen LogP contribution is -2.32. The van der Waals surface area contributed by atoms with E-state index in [1.165, 1.54) is 0 Å². The Morgan fingerprint density at radius 3 is 2.64 bits per heavy atom. The van der Waals surface area contributed by atoms with Gasteiger partial charge in [0.25, 0.3) is 0 Å². The molecule has 0 aromatic heterocycles. The second-order valence-corrected chi connectivity index (χ2v) is 2.97. The van der Waals surface area contributed by atoms with Gasteiger partial charge in [-0.3, -0.25) is 0 Å². The van der Waals surface area contributed by atoms with E-state index in [1.807, 2.05) is 6.08 Å². The van der Waals surface area contributed by atoms with Crippen LogP contribution in [0.1, 0.15) is 12.8 Å². The summed E-state index contributed by atoms with van der Waals surface area (Å²) in [4.78, 5) is 0. The molecule has 1 N–H and O–H groups in total. The lowest BCUT2D eigenvalue weighted by molar-refractivity contribution is -0.130. The van der Waals surface area contributed by atoms with Crippen molar-refractivity contribution in [2.24, 2.45) is 0 Å². The standard InChI is InChI=1S/C8H12O3/c9-7-1-3-8(4-2-7)10-5-6-11-8/h1,3,7,9H,2,4-6H2/t7-/m1/s1. The Morgan fingerprint density at radius 1 is 1.36 bits per heavy atom. The Balaban J connectivity index is 2.09. The number of aliphatic hydroxyl groups is 1. The summed E-state index contributed by atoms with van der Waals surface area (Å²) in [6, 6.07) is 0. The van der Waals surface area contributed by atoms with Crippen LogP contribution in [-0.4, -0.2) is 30.2 Å². The Labute approximate surface area is 65.6 Å². The highest BCUT2D eigenvalue weighted by molar-refractivity contribution is 5.05. The molecular formula is C8H12O3. The number of ether oxygens (including phenoxy) is 2. The Kier molecular flexibility index (Phi) is 1.71. The molecule has 62 valence electrons. The van der Waals surface area contributed by atoms with Crippen LogP contribution in [0.3, 0.4) is 0 Å². The first-order valence-electron chi connectivity index (χ1n) is 3.96. The van der Waals surface area contributed by atoms with Gasteiger partial charge >= 0.3 is 0 Å². The summed E-state index contributed by atoms with van der Waals surface area (Å²) in [5.41, 5.74) is 0. The molecule has 0 aromatic rings.